The summed E-state index contributed by atoms with van der Waals surface area (Å²) in [6, 6.07) is 8.00. The third-order valence-electron chi connectivity index (χ3n) is 2.18. The van der Waals surface area contributed by atoms with Gasteiger partial charge in [0, 0.05) is 5.39 Å². The lowest BCUT2D eigenvalue weighted by Crippen LogP contribution is -1.99. The number of nitrogens with one attached hydrogen (secondary N) is 2. The van der Waals surface area contributed by atoms with E-state index in [-0.39, 0.29) is 0 Å². The van der Waals surface area contributed by atoms with Crippen molar-refractivity contribution < 1.29 is 0 Å². The van der Waals surface area contributed by atoms with Gasteiger partial charge in [-0.15, -0.1) is 10.2 Å². The Hall–Kier alpha value is -2.02. The molecule has 0 aliphatic carbocycles. The van der Waals surface area contributed by atoms with E-state index in [1.165, 1.54) is 11.5 Å². The van der Waals surface area contributed by atoms with E-state index in [2.05, 4.69) is 30.3 Å². The number of fused-ring (bicyclic) bond motifs is 1. The van der Waals surface area contributed by atoms with Gasteiger partial charge in [0.2, 0.25) is 0 Å². The summed E-state index contributed by atoms with van der Waals surface area (Å²) < 4.78 is 4.33. The molecule has 0 saturated heterocycles. The van der Waals surface area contributed by atoms with Crippen LogP contribution in [-0.4, -0.2) is 25.0 Å². The van der Waals surface area contributed by atoms with Crippen molar-refractivity contribution in [3.8, 4) is 0 Å². The highest BCUT2D eigenvalue weighted by Gasteiger charge is 2.05. The molecule has 1 aromatic carbocycles. The van der Waals surface area contributed by atoms with E-state index in [9.17, 15) is 0 Å². The summed E-state index contributed by atoms with van der Waals surface area (Å²) >= 11 is 1.44. The van der Waals surface area contributed by atoms with E-state index >= 15 is 0 Å². The minimum atomic E-state index is 0.544. The smallest absolute Gasteiger partial charge is 0.193 e. The molecule has 6 nitrogen and oxygen atoms in total. The molecule has 0 atom stereocenters. The number of tetrazole rings is 1. The van der Waals surface area contributed by atoms with Gasteiger partial charge in [0.05, 0.1) is 12.1 Å². The molecule has 3 rings (SSSR count). The van der Waals surface area contributed by atoms with Crippen molar-refractivity contribution in [3.63, 3.8) is 0 Å². The normalized spacial score (nSPS) is 10.8. The molecule has 0 fully saturated rings. The summed E-state index contributed by atoms with van der Waals surface area (Å²) in [6.45, 7) is 0.544. The van der Waals surface area contributed by atoms with E-state index < -0.39 is 0 Å². The van der Waals surface area contributed by atoms with Crippen LogP contribution in [0.1, 0.15) is 5.82 Å². The van der Waals surface area contributed by atoms with Crippen molar-refractivity contribution in [3.05, 3.63) is 30.1 Å². The standard InChI is InChI=1S/C9H8N6S/c1-2-4-7-6(3-1)9(16-13-7)10-5-8-11-14-15-12-8/h1-4,10H,5H2,(H,11,12,14,15). The highest BCUT2D eigenvalue weighted by Crippen LogP contribution is 2.27. The molecular formula is C9H8N6S. The molecule has 0 saturated carbocycles. The average Bonchev–Trinajstić information content (AvgIpc) is 2.96. The van der Waals surface area contributed by atoms with Crippen molar-refractivity contribution >= 4 is 27.4 Å². The molecule has 2 N–H and O–H groups in total. The number of nitrogens with zero attached hydrogens (tertiary/aromatic N) is 4. The van der Waals surface area contributed by atoms with Gasteiger partial charge in [-0.05, 0) is 23.7 Å². The maximum Gasteiger partial charge on any atom is 0.193 e. The van der Waals surface area contributed by atoms with Gasteiger partial charge in [0.1, 0.15) is 5.00 Å². The summed E-state index contributed by atoms with van der Waals surface area (Å²) in [7, 11) is 0. The van der Waals surface area contributed by atoms with Gasteiger partial charge in [-0.2, -0.15) is 9.59 Å². The van der Waals surface area contributed by atoms with Crippen LogP contribution >= 0.6 is 11.5 Å². The molecular weight excluding hydrogens is 224 g/mol. The fraction of sp³-hybridized carbons (Fsp3) is 0.111. The molecule has 0 aliphatic heterocycles. The summed E-state index contributed by atoms with van der Waals surface area (Å²) in [6.07, 6.45) is 0. The van der Waals surface area contributed by atoms with Crippen LogP contribution in [0.15, 0.2) is 24.3 Å². The number of benzene rings is 1. The van der Waals surface area contributed by atoms with Crippen LogP contribution < -0.4 is 5.32 Å². The molecule has 7 heteroatoms. The molecule has 80 valence electrons. The Morgan fingerprint density at radius 1 is 1.31 bits per heavy atom. The Morgan fingerprint density at radius 3 is 3.12 bits per heavy atom. The maximum absolute atomic E-state index is 4.33. The molecule has 0 radical (unpaired) electrons. The van der Waals surface area contributed by atoms with Crippen LogP contribution in [0, 0.1) is 0 Å². The minimum Gasteiger partial charge on any atom is -0.368 e. The van der Waals surface area contributed by atoms with E-state index in [0.717, 1.165) is 15.9 Å². The summed E-state index contributed by atoms with van der Waals surface area (Å²) in [5, 5.41) is 19.0. The second kappa shape index (κ2) is 3.86. The van der Waals surface area contributed by atoms with E-state index in [4.69, 9.17) is 0 Å². The Kier molecular flexibility index (Phi) is 2.22. The predicted octanol–water partition coefficient (Wildman–Crippen LogP) is 1.42. The number of H-pyrrole nitrogens is 1. The first-order valence-corrected chi connectivity index (χ1v) is 5.51. The second-order valence-electron chi connectivity index (χ2n) is 3.21. The highest BCUT2D eigenvalue weighted by atomic mass is 32.1. The third-order valence-corrected chi connectivity index (χ3v) is 3.02. The lowest BCUT2D eigenvalue weighted by molar-refractivity contribution is 0.881. The topological polar surface area (TPSA) is 79.4 Å². The fourth-order valence-electron chi connectivity index (χ4n) is 1.43. The van der Waals surface area contributed by atoms with Crippen molar-refractivity contribution in [2.75, 3.05) is 5.32 Å². The molecule has 0 unspecified atom stereocenters. The third kappa shape index (κ3) is 1.61. The first kappa shape index (κ1) is 9.22. The second-order valence-corrected chi connectivity index (χ2v) is 3.98. The van der Waals surface area contributed by atoms with Crippen LogP contribution in [0.25, 0.3) is 10.9 Å². The first-order chi connectivity index (χ1) is 7.93. The zero-order valence-corrected chi connectivity index (χ0v) is 9.03. The van der Waals surface area contributed by atoms with Crippen LogP contribution in [0.4, 0.5) is 5.00 Å². The molecule has 0 spiro atoms. The highest BCUT2D eigenvalue weighted by molar-refractivity contribution is 7.11. The summed E-state index contributed by atoms with van der Waals surface area (Å²) in [5.74, 6) is 0.637. The Labute approximate surface area is 94.9 Å². The van der Waals surface area contributed by atoms with Crippen LogP contribution in [-0.2, 0) is 6.54 Å². The lowest BCUT2D eigenvalue weighted by atomic mass is 10.2. The molecule has 2 aromatic heterocycles. The largest absolute Gasteiger partial charge is 0.368 e. The first-order valence-electron chi connectivity index (χ1n) is 4.74. The van der Waals surface area contributed by atoms with Crippen molar-refractivity contribution in [2.45, 2.75) is 6.54 Å². The summed E-state index contributed by atoms with van der Waals surface area (Å²) in [5.41, 5.74) is 1.00. The van der Waals surface area contributed by atoms with Gasteiger partial charge in [-0.25, -0.2) is 0 Å². The maximum atomic E-state index is 4.33. The molecule has 0 bridgehead atoms. The number of hydrogen-bond donors (Lipinski definition) is 2. The number of hydrogen-bond acceptors (Lipinski definition) is 6. The average molecular weight is 232 g/mol. The number of aromatic amines is 1. The van der Waals surface area contributed by atoms with Gasteiger partial charge in [0.15, 0.2) is 5.82 Å². The SMILES string of the molecule is c1ccc2c(NCc3nn[nH]n3)snc2c1. The van der Waals surface area contributed by atoms with Crippen LogP contribution in [0.3, 0.4) is 0 Å². The van der Waals surface area contributed by atoms with Gasteiger partial charge < -0.3 is 5.32 Å². The lowest BCUT2D eigenvalue weighted by Gasteiger charge is -1.98. The quantitative estimate of drug-likeness (QED) is 0.714. The van der Waals surface area contributed by atoms with Crippen molar-refractivity contribution in [1.29, 1.82) is 0 Å². The van der Waals surface area contributed by atoms with E-state index in [0.29, 0.717) is 12.4 Å². The number of aromatic nitrogens is 5. The molecule has 16 heavy (non-hydrogen) atoms. The minimum absolute atomic E-state index is 0.544. The van der Waals surface area contributed by atoms with E-state index in [1.54, 1.807) is 0 Å². The van der Waals surface area contributed by atoms with Crippen molar-refractivity contribution in [2.24, 2.45) is 0 Å². The molecule has 2 heterocycles. The Balaban J connectivity index is 1.84. The number of rotatable bonds is 3. The van der Waals surface area contributed by atoms with Gasteiger partial charge in [-0.3, -0.25) is 0 Å². The predicted molar refractivity (Wildman–Crippen MR) is 61.1 cm³/mol. The zero-order valence-electron chi connectivity index (χ0n) is 8.21. The Morgan fingerprint density at radius 2 is 2.25 bits per heavy atom. The van der Waals surface area contributed by atoms with E-state index in [1.807, 2.05) is 24.3 Å². The van der Waals surface area contributed by atoms with Crippen LogP contribution in [0.5, 0.6) is 0 Å². The molecule has 0 aliphatic rings. The monoisotopic (exact) mass is 232 g/mol. The molecule has 0 amide bonds. The van der Waals surface area contributed by atoms with Crippen molar-refractivity contribution in [1.82, 2.24) is 25.0 Å². The fourth-order valence-corrected chi connectivity index (χ4v) is 2.19. The zero-order chi connectivity index (χ0) is 10.8. The number of anilines is 1. The van der Waals surface area contributed by atoms with Gasteiger partial charge in [0.25, 0.3) is 0 Å². The van der Waals surface area contributed by atoms with Crippen LogP contribution in [0.2, 0.25) is 0 Å². The Bertz CT molecular complexity index is 587. The molecule has 3 aromatic rings. The van der Waals surface area contributed by atoms with Gasteiger partial charge >= 0.3 is 0 Å². The van der Waals surface area contributed by atoms with Gasteiger partial charge in [-0.1, -0.05) is 17.3 Å². The summed E-state index contributed by atoms with van der Waals surface area (Å²) in [4.78, 5) is 0.